The van der Waals surface area contributed by atoms with Crippen molar-refractivity contribution in [2.45, 2.75) is 70.8 Å². The molecule has 0 spiro atoms. The molecule has 164 valence electrons. The van der Waals surface area contributed by atoms with Crippen LogP contribution in [0.25, 0.3) is 0 Å². The number of nitrogen functional groups attached to an aromatic ring is 1. The topological polar surface area (TPSA) is 39.1 Å². The fourth-order valence-corrected chi connectivity index (χ4v) is 5.45. The minimum Gasteiger partial charge on any atom is -1.00 e. The van der Waals surface area contributed by atoms with Crippen LogP contribution in [0.5, 0.6) is 5.75 Å². The molecule has 2 aromatic rings. The molecule has 2 N–H and O–H groups in total. The maximum atomic E-state index is 6.37. The van der Waals surface area contributed by atoms with Crippen LogP contribution in [0.2, 0.25) is 0 Å². The SMILES string of the molecule is Nc1cc[n+](Cc2ccc(OCC(C3CCCCC3)C3CCCCC3)cc2)cc1.[Br-]. The van der Waals surface area contributed by atoms with E-state index in [1.807, 2.05) is 24.5 Å². The molecule has 0 unspecified atom stereocenters. The van der Waals surface area contributed by atoms with Crippen molar-refractivity contribution >= 4 is 5.69 Å². The number of rotatable bonds is 7. The highest BCUT2D eigenvalue weighted by atomic mass is 79.9. The third kappa shape index (κ3) is 6.47. The quantitative estimate of drug-likeness (QED) is 0.629. The van der Waals surface area contributed by atoms with Crippen molar-refractivity contribution in [1.82, 2.24) is 0 Å². The lowest BCUT2D eigenvalue weighted by molar-refractivity contribution is -0.688. The molecule has 1 aromatic carbocycles. The first-order valence-corrected chi connectivity index (χ1v) is 11.7. The highest BCUT2D eigenvalue weighted by Crippen LogP contribution is 2.40. The van der Waals surface area contributed by atoms with Crippen molar-refractivity contribution in [3.63, 3.8) is 0 Å². The van der Waals surface area contributed by atoms with Crippen LogP contribution in [0.4, 0.5) is 5.69 Å². The van der Waals surface area contributed by atoms with Gasteiger partial charge in [-0.05, 0) is 42.0 Å². The minimum atomic E-state index is 0. The minimum absolute atomic E-state index is 0. The number of benzene rings is 1. The Balaban J connectivity index is 0.00000256. The molecule has 2 aliphatic carbocycles. The predicted molar refractivity (Wildman–Crippen MR) is 119 cm³/mol. The zero-order valence-corrected chi connectivity index (χ0v) is 19.7. The summed E-state index contributed by atoms with van der Waals surface area (Å²) in [7, 11) is 0. The van der Waals surface area contributed by atoms with E-state index in [4.69, 9.17) is 10.5 Å². The normalized spacial score (nSPS) is 18.2. The molecule has 4 rings (SSSR count). The molecular weight excluding hydrogens is 436 g/mol. The van der Waals surface area contributed by atoms with Gasteiger partial charge in [0.1, 0.15) is 5.75 Å². The number of aromatic nitrogens is 1. The van der Waals surface area contributed by atoms with E-state index in [0.29, 0.717) is 0 Å². The Bertz CT molecular complexity index is 717. The second-order valence-corrected chi connectivity index (χ2v) is 9.22. The fourth-order valence-electron chi connectivity index (χ4n) is 5.45. The van der Waals surface area contributed by atoms with Crippen LogP contribution >= 0.6 is 0 Å². The average Bonchev–Trinajstić information content (AvgIpc) is 2.78. The number of hydrogen-bond acceptors (Lipinski definition) is 2. The largest absolute Gasteiger partial charge is 1.00 e. The van der Waals surface area contributed by atoms with Gasteiger partial charge in [0.15, 0.2) is 18.9 Å². The maximum absolute atomic E-state index is 6.37. The van der Waals surface area contributed by atoms with Crippen molar-refractivity contribution in [1.29, 1.82) is 0 Å². The van der Waals surface area contributed by atoms with Crippen molar-refractivity contribution in [2.24, 2.45) is 17.8 Å². The first-order valence-electron chi connectivity index (χ1n) is 11.7. The summed E-state index contributed by atoms with van der Waals surface area (Å²) in [4.78, 5) is 0. The molecule has 0 radical (unpaired) electrons. The highest BCUT2D eigenvalue weighted by molar-refractivity contribution is 5.32. The second-order valence-electron chi connectivity index (χ2n) is 9.22. The Labute approximate surface area is 192 Å². The summed E-state index contributed by atoms with van der Waals surface area (Å²) in [5.74, 6) is 3.54. The number of pyridine rings is 1. The Kier molecular flexibility index (Phi) is 9.05. The van der Waals surface area contributed by atoms with Crippen LogP contribution < -0.4 is 32.0 Å². The van der Waals surface area contributed by atoms with Gasteiger partial charge in [-0.25, -0.2) is 4.57 Å². The molecule has 4 heteroatoms. The fraction of sp³-hybridized carbons (Fsp3) is 0.577. The number of anilines is 1. The number of ether oxygens (including phenoxy) is 1. The second kappa shape index (κ2) is 11.7. The highest BCUT2D eigenvalue weighted by Gasteiger charge is 2.32. The molecule has 30 heavy (non-hydrogen) atoms. The van der Waals surface area contributed by atoms with Crippen molar-refractivity contribution in [3.8, 4) is 5.75 Å². The summed E-state index contributed by atoms with van der Waals surface area (Å²) in [6.45, 7) is 1.76. The number of hydrogen-bond donors (Lipinski definition) is 1. The van der Waals surface area contributed by atoms with Crippen LogP contribution in [-0.2, 0) is 6.54 Å². The zero-order chi connectivity index (χ0) is 19.9. The lowest BCUT2D eigenvalue weighted by Gasteiger charge is -2.37. The van der Waals surface area contributed by atoms with Crippen LogP contribution in [0, 0.1) is 17.8 Å². The van der Waals surface area contributed by atoms with Gasteiger partial charge >= 0.3 is 0 Å². The first-order chi connectivity index (χ1) is 14.3. The lowest BCUT2D eigenvalue weighted by atomic mass is 9.70. The van der Waals surface area contributed by atoms with Crippen LogP contribution in [0.15, 0.2) is 48.8 Å². The Morgan fingerprint density at radius 3 is 1.87 bits per heavy atom. The summed E-state index contributed by atoms with van der Waals surface area (Å²) in [5, 5.41) is 0. The van der Waals surface area contributed by atoms with Gasteiger partial charge in [0.25, 0.3) is 0 Å². The van der Waals surface area contributed by atoms with E-state index in [9.17, 15) is 0 Å². The summed E-state index contributed by atoms with van der Waals surface area (Å²) >= 11 is 0. The standard InChI is InChI=1S/C26H36N2O.BrH/c27-24-15-17-28(18-16-24)19-21-11-13-25(14-12-21)29-20-26(22-7-3-1-4-8-22)23-9-5-2-6-10-23;/h11-18,22-23,26-27H,1-10,19-20H2;1H. The molecule has 0 atom stereocenters. The van der Waals surface area contributed by atoms with Gasteiger partial charge in [0, 0.05) is 23.4 Å². The van der Waals surface area contributed by atoms with Gasteiger partial charge < -0.3 is 27.5 Å². The van der Waals surface area contributed by atoms with E-state index in [-0.39, 0.29) is 17.0 Å². The number of nitrogens with two attached hydrogens (primary N) is 1. The summed E-state index contributed by atoms with van der Waals surface area (Å²) in [5.41, 5.74) is 7.86. The first kappa shape index (κ1) is 23.1. The van der Waals surface area contributed by atoms with Gasteiger partial charge in [0.05, 0.1) is 6.61 Å². The third-order valence-electron chi connectivity index (χ3n) is 7.16. The van der Waals surface area contributed by atoms with E-state index in [1.165, 1.54) is 69.8 Å². The summed E-state index contributed by atoms with van der Waals surface area (Å²) < 4.78 is 8.52. The molecule has 2 saturated carbocycles. The van der Waals surface area contributed by atoms with E-state index >= 15 is 0 Å². The molecular formula is C26H37BrN2O. The number of nitrogens with zero attached hydrogens (tertiary/aromatic N) is 1. The molecule has 1 heterocycles. The molecule has 2 aliphatic rings. The van der Waals surface area contributed by atoms with Crippen LogP contribution in [0.1, 0.15) is 69.8 Å². The van der Waals surface area contributed by atoms with Gasteiger partial charge in [-0.15, -0.1) is 0 Å². The van der Waals surface area contributed by atoms with Gasteiger partial charge in [-0.2, -0.15) is 0 Å². The monoisotopic (exact) mass is 472 g/mol. The Hall–Kier alpha value is -1.55. The Morgan fingerprint density at radius 1 is 0.800 bits per heavy atom. The molecule has 0 bridgehead atoms. The van der Waals surface area contributed by atoms with Crippen molar-refractivity contribution in [2.75, 3.05) is 12.3 Å². The Morgan fingerprint density at radius 2 is 1.33 bits per heavy atom. The van der Waals surface area contributed by atoms with E-state index < -0.39 is 0 Å². The van der Waals surface area contributed by atoms with E-state index in [2.05, 4.69) is 28.8 Å². The van der Waals surface area contributed by atoms with Crippen LogP contribution in [-0.4, -0.2) is 6.61 Å². The number of halogens is 1. The molecule has 0 amide bonds. The smallest absolute Gasteiger partial charge is 0.173 e. The molecule has 0 aliphatic heterocycles. The average molecular weight is 473 g/mol. The predicted octanol–water partition coefficient (Wildman–Crippen LogP) is 2.76. The summed E-state index contributed by atoms with van der Waals surface area (Å²) in [6.07, 6.45) is 18.3. The third-order valence-corrected chi connectivity index (χ3v) is 7.16. The zero-order valence-electron chi connectivity index (χ0n) is 18.1. The molecule has 2 fully saturated rings. The lowest BCUT2D eigenvalue weighted by Crippen LogP contribution is -3.00. The molecule has 0 saturated heterocycles. The van der Waals surface area contributed by atoms with E-state index in [0.717, 1.165) is 42.3 Å². The molecule has 3 nitrogen and oxygen atoms in total. The van der Waals surface area contributed by atoms with Crippen LogP contribution in [0.3, 0.4) is 0 Å². The van der Waals surface area contributed by atoms with Crippen molar-refractivity contribution in [3.05, 3.63) is 54.4 Å². The van der Waals surface area contributed by atoms with Gasteiger partial charge in [-0.3, -0.25) is 0 Å². The molecule has 1 aromatic heterocycles. The van der Waals surface area contributed by atoms with Crippen molar-refractivity contribution < 1.29 is 26.3 Å². The van der Waals surface area contributed by atoms with Gasteiger partial charge in [-0.1, -0.05) is 64.2 Å². The van der Waals surface area contributed by atoms with Gasteiger partial charge in [0.2, 0.25) is 0 Å². The maximum Gasteiger partial charge on any atom is 0.173 e. The summed E-state index contributed by atoms with van der Waals surface area (Å²) in [6, 6.07) is 12.5. The van der Waals surface area contributed by atoms with E-state index in [1.54, 1.807) is 0 Å².